The Labute approximate surface area is 611 Å². The van der Waals surface area contributed by atoms with E-state index in [1.54, 1.807) is 140 Å². The lowest BCUT2D eigenvalue weighted by Gasteiger charge is -2.38. The lowest BCUT2D eigenvalue weighted by atomic mass is 9.79. The van der Waals surface area contributed by atoms with Crippen LogP contribution in [0, 0.1) is 60.0 Å². The van der Waals surface area contributed by atoms with Crippen molar-refractivity contribution in [1.29, 1.82) is 10.5 Å². The number of benzene rings is 6. The molecule has 10 aromatic rings. The van der Waals surface area contributed by atoms with Crippen LogP contribution < -0.4 is 32.1 Å². The highest BCUT2D eigenvalue weighted by Crippen LogP contribution is 2.44. The van der Waals surface area contributed by atoms with Crippen molar-refractivity contribution < 1.29 is 46.7 Å². The number of nitrogens with zero attached hydrogens (tertiary/aromatic N) is 9. The number of halogens is 2. The Hall–Kier alpha value is -11.2. The minimum atomic E-state index is -1.39. The molecule has 3 amide bonds. The highest BCUT2D eigenvalue weighted by atomic mass is 32.2. The maximum atomic E-state index is 15.2. The number of hydrogen-bond donors (Lipinski definition) is 6. The number of nitrogens with one attached hydrogen (secondary N) is 2. The second-order valence-corrected chi connectivity index (χ2v) is 31.5. The zero-order valence-electron chi connectivity index (χ0n) is 60.5. The number of carboxylic acids is 1. The van der Waals surface area contributed by atoms with Crippen LogP contribution >= 0.6 is 0 Å². The summed E-state index contributed by atoms with van der Waals surface area (Å²) in [5.74, 6) is -1.11. The van der Waals surface area contributed by atoms with E-state index in [9.17, 15) is 43.4 Å². The highest BCUT2D eigenvalue weighted by molar-refractivity contribution is 7.84. The van der Waals surface area contributed by atoms with Crippen LogP contribution in [0.2, 0.25) is 0 Å². The van der Waals surface area contributed by atoms with Crippen molar-refractivity contribution >= 4 is 79.6 Å². The van der Waals surface area contributed by atoms with Gasteiger partial charge in [0.05, 0.1) is 84.2 Å². The molecule has 4 heterocycles. The summed E-state index contributed by atoms with van der Waals surface area (Å²) in [5, 5.41) is 42.7. The topological polar surface area (TPSA) is 338 Å². The number of aromatic nitrogens is 6. The number of nitriles is 2. The lowest BCUT2D eigenvalue weighted by Crippen LogP contribution is -2.49. The summed E-state index contributed by atoms with van der Waals surface area (Å²) in [6.07, 6.45) is 9.10. The Bertz CT molecular complexity index is 5050. The fraction of sp³-hybridized carbons (Fsp3) is 0.325. The third-order valence-electron chi connectivity index (χ3n) is 17.8. The molecule has 2 aliphatic rings. The number of anilines is 4. The van der Waals surface area contributed by atoms with Crippen molar-refractivity contribution in [3.8, 4) is 23.5 Å². The average Bonchev–Trinajstić information content (AvgIpc) is 1.18. The third-order valence-corrected chi connectivity index (χ3v) is 19.4. The molecular weight excluding hydrogens is 1360 g/mol. The molecular formula is C80H86F2N14O8S. The van der Waals surface area contributed by atoms with Gasteiger partial charge in [0.1, 0.15) is 34.3 Å². The predicted molar refractivity (Wildman–Crippen MR) is 402 cm³/mol. The number of pyridine rings is 2. The number of carbonyl (C=O) groups excluding carboxylic acids is 3. The van der Waals surface area contributed by atoms with Crippen LogP contribution in [0.5, 0.6) is 0 Å². The number of rotatable bonds is 18. The van der Waals surface area contributed by atoms with E-state index in [0.717, 1.165) is 45.2 Å². The van der Waals surface area contributed by atoms with Crippen molar-refractivity contribution in [2.45, 2.75) is 155 Å². The summed E-state index contributed by atoms with van der Waals surface area (Å²) < 4.78 is 58.9. The Morgan fingerprint density at radius 3 is 1.67 bits per heavy atom. The van der Waals surface area contributed by atoms with E-state index in [1.165, 1.54) is 59.4 Å². The Balaban J connectivity index is 0.000000172. The molecule has 2 unspecified atom stereocenters. The second-order valence-electron chi connectivity index (χ2n) is 29.5. The zero-order chi connectivity index (χ0) is 76.1. The summed E-state index contributed by atoms with van der Waals surface area (Å²) in [5.41, 5.74) is 22.0. The number of hydrogen-bond acceptors (Lipinski definition) is 16. The van der Waals surface area contributed by atoms with Gasteiger partial charge in [0, 0.05) is 23.2 Å². The molecule has 0 aliphatic heterocycles. The van der Waals surface area contributed by atoms with Gasteiger partial charge in [-0.2, -0.15) is 25.6 Å². The first kappa shape index (κ1) is 76.4. The Morgan fingerprint density at radius 2 is 1.11 bits per heavy atom. The predicted octanol–water partition coefficient (Wildman–Crippen LogP) is 15.8. The fourth-order valence-electron chi connectivity index (χ4n) is 12.0. The molecule has 12 rings (SSSR count). The number of nitrogen functional groups attached to an aromatic ring is 2. The van der Waals surface area contributed by atoms with Crippen molar-refractivity contribution in [2.24, 2.45) is 17.6 Å². The van der Waals surface area contributed by atoms with Crippen LogP contribution in [-0.4, -0.2) is 78.9 Å². The van der Waals surface area contributed by atoms with Gasteiger partial charge in [-0.3, -0.25) is 4.79 Å². The molecule has 22 nitrogen and oxygen atoms in total. The third kappa shape index (κ3) is 18.4. The molecule has 0 saturated heterocycles. The first-order valence-electron chi connectivity index (χ1n) is 34.4. The molecule has 4 aromatic heterocycles. The van der Waals surface area contributed by atoms with Gasteiger partial charge in [0.25, 0.3) is 5.91 Å². The summed E-state index contributed by atoms with van der Waals surface area (Å²) >= 11 is 0. The van der Waals surface area contributed by atoms with Crippen LogP contribution in [0.15, 0.2) is 158 Å². The number of aryl methyl sites for hydroxylation is 2. The summed E-state index contributed by atoms with van der Waals surface area (Å²) in [4.78, 5) is 60.7. The number of carboxylic acid groups (broad SMARTS) is 1. The van der Waals surface area contributed by atoms with Crippen LogP contribution in [0.1, 0.15) is 179 Å². The van der Waals surface area contributed by atoms with Gasteiger partial charge in [0.2, 0.25) is 0 Å². The maximum Gasteiger partial charge on any atom is 0.425 e. The molecule has 25 heteroatoms. The molecule has 105 heavy (non-hydrogen) atoms. The standard InChI is InChI=1S/C33H30FN7O.C24H28N4O6.C23H28FN3OS/c1-20-15-30(41(40-20)26-9-7-23-12-14-38-31(36)27(23)18-26)32(42)39-29-17-25(8-10-28(29)34)33(37,13-11-21-5-6-21)24-4-2-3-22(16-24)19-35;1-14-12-18(20(29)30)28(26-14)16-9-8-15-10-11-25-19(17(15)13-16)27(21(31)33-23(2,3)4)22(32)34-24(5,6)7;1-22(2,3)29(28)27-23(12-11-16-7-8-16,18-6-4-5-17(13-18)15-25)19-9-10-20(24)21(26)14-19/h2-4,7-10,12,14-18,21H,5-6,11,13,37H2,1H3,(H2,36,38)(H,39,42);8-13H,1-7H3,(H,29,30);4-6,9-10,13-14,16,27H,7-8,11-12,26H2,1-3H3/t;;23?,29-/m..1/s1. The summed E-state index contributed by atoms with van der Waals surface area (Å²) in [6.45, 7) is 19.3. The fourth-order valence-corrected chi connectivity index (χ4v) is 13.0. The van der Waals surface area contributed by atoms with E-state index < -0.39 is 73.7 Å². The molecule has 6 aromatic carbocycles. The van der Waals surface area contributed by atoms with E-state index >= 15 is 4.39 Å². The summed E-state index contributed by atoms with van der Waals surface area (Å²) in [7, 11) is -1.39. The molecule has 0 spiro atoms. The zero-order valence-corrected chi connectivity index (χ0v) is 61.4. The number of amides is 3. The second kappa shape index (κ2) is 31.0. The Morgan fingerprint density at radius 1 is 0.619 bits per heavy atom. The van der Waals surface area contributed by atoms with E-state index in [-0.39, 0.29) is 28.6 Å². The molecule has 2 saturated carbocycles. The van der Waals surface area contributed by atoms with Crippen LogP contribution in [0.4, 0.5) is 41.4 Å². The van der Waals surface area contributed by atoms with Gasteiger partial charge < -0.3 is 37.1 Å². The number of nitrogens with two attached hydrogens (primary N) is 3. The molecule has 3 atom stereocenters. The molecule has 2 fully saturated rings. The van der Waals surface area contributed by atoms with Crippen LogP contribution in [0.25, 0.3) is 32.9 Å². The molecule has 0 radical (unpaired) electrons. The minimum Gasteiger partial charge on any atom is -0.477 e. The van der Waals surface area contributed by atoms with Crippen molar-refractivity contribution in [1.82, 2.24) is 34.3 Å². The number of imide groups is 1. The monoisotopic (exact) mass is 1440 g/mol. The molecule has 2 aliphatic carbocycles. The number of aromatic carboxylic acids is 1. The molecule has 544 valence electrons. The highest BCUT2D eigenvalue weighted by Gasteiger charge is 2.41. The van der Waals surface area contributed by atoms with Gasteiger partial charge >= 0.3 is 18.2 Å². The van der Waals surface area contributed by atoms with Gasteiger partial charge in [-0.15, -0.1) is 0 Å². The smallest absolute Gasteiger partial charge is 0.425 e. The van der Waals surface area contributed by atoms with Gasteiger partial charge in [0.15, 0.2) is 11.5 Å². The van der Waals surface area contributed by atoms with Crippen molar-refractivity contribution in [3.05, 3.63) is 226 Å². The van der Waals surface area contributed by atoms with Gasteiger partial charge in [-0.25, -0.2) is 51.4 Å². The van der Waals surface area contributed by atoms with Crippen LogP contribution in [0.3, 0.4) is 0 Å². The normalized spacial score (nSPS) is 14.4. The quantitative estimate of drug-likeness (QED) is 0.0435. The van der Waals surface area contributed by atoms with Gasteiger partial charge in [-0.05, 0) is 244 Å². The molecule has 0 bridgehead atoms. The largest absolute Gasteiger partial charge is 0.477 e. The molecule has 9 N–H and O–H groups in total. The van der Waals surface area contributed by atoms with E-state index in [2.05, 4.69) is 42.3 Å². The SMILES string of the molecule is CC(C)(C)[S@@](=O)NC(CCC1CC1)(c1cccc(C#N)c1)c1ccc(F)c(N)c1.Cc1cc(C(=O)Nc2cc(C(N)(CCC3CC3)c3cccc(C#N)c3)ccc2F)n(-c2ccc3ccnc(N)c3c2)n1.Cc1cc(C(=O)O)n(-c2ccc3ccnc(N(C(=O)OC(C)(C)C)C(=O)OC(C)(C)C)c3c2)n1. The van der Waals surface area contributed by atoms with Crippen LogP contribution in [-0.2, 0) is 31.5 Å². The average molecular weight is 1440 g/mol. The van der Waals surface area contributed by atoms with E-state index in [1.807, 2.05) is 69.3 Å². The lowest BCUT2D eigenvalue weighted by molar-refractivity contribution is 0.0428. The summed E-state index contributed by atoms with van der Waals surface area (Å²) in [6, 6.07) is 45.3. The maximum absolute atomic E-state index is 15.2. The number of fused-ring (bicyclic) bond motifs is 2. The van der Waals surface area contributed by atoms with Crippen molar-refractivity contribution in [3.63, 3.8) is 0 Å². The minimum absolute atomic E-state index is 0.00698. The first-order chi connectivity index (χ1) is 49.6. The van der Waals surface area contributed by atoms with Gasteiger partial charge in [-0.1, -0.05) is 74.2 Å². The first-order valence-corrected chi connectivity index (χ1v) is 35.5. The number of carbonyl (C=O) groups is 4. The Kier molecular flexibility index (Phi) is 22.5. The van der Waals surface area contributed by atoms with E-state index in [0.29, 0.717) is 80.7 Å². The number of ether oxygens (including phenoxy) is 2. The van der Waals surface area contributed by atoms with E-state index in [4.69, 9.17) is 26.7 Å². The van der Waals surface area contributed by atoms with Crippen molar-refractivity contribution in [2.75, 3.05) is 21.7 Å².